The summed E-state index contributed by atoms with van der Waals surface area (Å²) in [6, 6.07) is 5.58. The SMILES string of the molecule is CCCCCn1cnc2c([nH]c3cccc(Cl)c32)c1=O. The van der Waals surface area contributed by atoms with Gasteiger partial charge in [0.25, 0.3) is 5.56 Å². The molecule has 0 aliphatic carbocycles. The van der Waals surface area contributed by atoms with E-state index < -0.39 is 0 Å². The molecule has 0 aliphatic heterocycles. The first-order chi connectivity index (χ1) is 9.72. The third-order valence-electron chi connectivity index (χ3n) is 3.55. The Morgan fingerprint density at radius 1 is 1.35 bits per heavy atom. The van der Waals surface area contributed by atoms with Crippen molar-refractivity contribution in [1.82, 2.24) is 14.5 Å². The number of halogens is 1. The molecule has 0 saturated heterocycles. The van der Waals surface area contributed by atoms with E-state index in [-0.39, 0.29) is 5.56 Å². The van der Waals surface area contributed by atoms with E-state index in [1.807, 2.05) is 18.2 Å². The van der Waals surface area contributed by atoms with Crippen molar-refractivity contribution in [3.05, 3.63) is 39.9 Å². The number of aromatic amines is 1. The molecule has 0 spiro atoms. The van der Waals surface area contributed by atoms with Gasteiger partial charge in [0.1, 0.15) is 11.0 Å². The summed E-state index contributed by atoms with van der Waals surface area (Å²) in [7, 11) is 0. The van der Waals surface area contributed by atoms with Gasteiger partial charge in [-0.1, -0.05) is 37.4 Å². The number of fused-ring (bicyclic) bond motifs is 3. The largest absolute Gasteiger partial charge is 0.349 e. The molecule has 0 aliphatic rings. The number of hydrogen-bond donors (Lipinski definition) is 1. The van der Waals surface area contributed by atoms with Gasteiger partial charge < -0.3 is 4.98 Å². The molecule has 20 heavy (non-hydrogen) atoms. The van der Waals surface area contributed by atoms with Gasteiger partial charge in [-0.2, -0.15) is 0 Å². The molecule has 2 heterocycles. The number of unbranched alkanes of at least 4 members (excludes halogenated alkanes) is 2. The molecule has 0 fully saturated rings. The summed E-state index contributed by atoms with van der Waals surface area (Å²) in [5.41, 5.74) is 2.01. The lowest BCUT2D eigenvalue weighted by atomic mass is 10.2. The lowest BCUT2D eigenvalue weighted by molar-refractivity contribution is 0.583. The monoisotopic (exact) mass is 289 g/mol. The maximum atomic E-state index is 12.5. The van der Waals surface area contributed by atoms with Crippen molar-refractivity contribution in [3.63, 3.8) is 0 Å². The lowest BCUT2D eigenvalue weighted by Crippen LogP contribution is -2.20. The number of rotatable bonds is 4. The van der Waals surface area contributed by atoms with E-state index in [1.165, 1.54) is 0 Å². The van der Waals surface area contributed by atoms with Crippen molar-refractivity contribution in [3.8, 4) is 0 Å². The van der Waals surface area contributed by atoms with Crippen molar-refractivity contribution in [2.45, 2.75) is 32.7 Å². The molecule has 3 rings (SSSR count). The number of nitrogens with one attached hydrogen (secondary N) is 1. The number of benzene rings is 1. The van der Waals surface area contributed by atoms with Crippen LogP contribution < -0.4 is 5.56 Å². The van der Waals surface area contributed by atoms with Gasteiger partial charge in [-0.15, -0.1) is 0 Å². The molecule has 104 valence electrons. The summed E-state index contributed by atoms with van der Waals surface area (Å²) in [6.45, 7) is 2.85. The highest BCUT2D eigenvalue weighted by atomic mass is 35.5. The Hall–Kier alpha value is -1.81. The fraction of sp³-hybridized carbons (Fsp3) is 0.333. The number of hydrogen-bond acceptors (Lipinski definition) is 2. The highest BCUT2D eigenvalue weighted by Gasteiger charge is 2.12. The second kappa shape index (κ2) is 5.29. The van der Waals surface area contributed by atoms with Crippen LogP contribution in [0.2, 0.25) is 5.02 Å². The fourth-order valence-electron chi connectivity index (χ4n) is 2.49. The van der Waals surface area contributed by atoms with Crippen LogP contribution in [0.3, 0.4) is 0 Å². The van der Waals surface area contributed by atoms with Crippen LogP contribution in [-0.4, -0.2) is 14.5 Å². The molecular weight excluding hydrogens is 274 g/mol. The Labute approximate surface area is 121 Å². The predicted molar refractivity (Wildman–Crippen MR) is 82.4 cm³/mol. The number of H-pyrrole nitrogens is 1. The molecule has 0 unspecified atom stereocenters. The summed E-state index contributed by atoms with van der Waals surface area (Å²) in [5, 5.41) is 1.44. The van der Waals surface area contributed by atoms with Gasteiger partial charge in [0.15, 0.2) is 0 Å². The van der Waals surface area contributed by atoms with Crippen molar-refractivity contribution in [2.75, 3.05) is 0 Å². The Kier molecular flexibility index (Phi) is 3.49. The van der Waals surface area contributed by atoms with Gasteiger partial charge in [-0.05, 0) is 18.6 Å². The van der Waals surface area contributed by atoms with E-state index in [1.54, 1.807) is 10.9 Å². The average molecular weight is 290 g/mol. The maximum Gasteiger partial charge on any atom is 0.277 e. The van der Waals surface area contributed by atoms with E-state index in [2.05, 4.69) is 16.9 Å². The Morgan fingerprint density at radius 2 is 2.20 bits per heavy atom. The van der Waals surface area contributed by atoms with Crippen LogP contribution in [0.1, 0.15) is 26.2 Å². The standard InChI is InChI=1S/C15H16ClN3O/c1-2-3-4-8-19-9-17-13-12-10(16)6-5-7-11(12)18-14(13)15(19)20/h5-7,9,18H,2-4,8H2,1H3. The van der Waals surface area contributed by atoms with E-state index in [9.17, 15) is 4.79 Å². The van der Waals surface area contributed by atoms with Crippen LogP contribution >= 0.6 is 11.6 Å². The zero-order valence-corrected chi connectivity index (χ0v) is 12.1. The highest BCUT2D eigenvalue weighted by Crippen LogP contribution is 2.28. The van der Waals surface area contributed by atoms with Crippen molar-refractivity contribution in [1.29, 1.82) is 0 Å². The molecule has 0 bridgehead atoms. The van der Waals surface area contributed by atoms with E-state index in [0.717, 1.165) is 30.2 Å². The van der Waals surface area contributed by atoms with Crippen LogP contribution in [-0.2, 0) is 6.54 Å². The van der Waals surface area contributed by atoms with Crippen LogP contribution in [0.15, 0.2) is 29.3 Å². The number of aromatic nitrogens is 3. The quantitative estimate of drug-likeness (QED) is 0.744. The molecule has 0 radical (unpaired) electrons. The van der Waals surface area contributed by atoms with Gasteiger partial charge in [-0.3, -0.25) is 9.36 Å². The van der Waals surface area contributed by atoms with Crippen molar-refractivity contribution in [2.24, 2.45) is 0 Å². The maximum absolute atomic E-state index is 12.5. The van der Waals surface area contributed by atoms with E-state index >= 15 is 0 Å². The smallest absolute Gasteiger partial charge is 0.277 e. The Balaban J connectivity index is 2.16. The first kappa shape index (κ1) is 13.2. The van der Waals surface area contributed by atoms with Crippen LogP contribution in [0.25, 0.3) is 21.9 Å². The molecule has 4 nitrogen and oxygen atoms in total. The van der Waals surface area contributed by atoms with E-state index in [0.29, 0.717) is 22.6 Å². The fourth-order valence-corrected chi connectivity index (χ4v) is 2.75. The van der Waals surface area contributed by atoms with Gasteiger partial charge in [0.2, 0.25) is 0 Å². The van der Waals surface area contributed by atoms with Crippen molar-refractivity contribution < 1.29 is 0 Å². The van der Waals surface area contributed by atoms with Crippen LogP contribution in [0.5, 0.6) is 0 Å². The summed E-state index contributed by atoms with van der Waals surface area (Å²) in [4.78, 5) is 20.0. The van der Waals surface area contributed by atoms with E-state index in [4.69, 9.17) is 11.6 Å². The Bertz CT molecular complexity index is 819. The molecule has 3 aromatic rings. The second-order valence-corrected chi connectivity index (χ2v) is 5.37. The van der Waals surface area contributed by atoms with Gasteiger partial charge in [-0.25, -0.2) is 4.98 Å². The highest BCUT2D eigenvalue weighted by molar-refractivity contribution is 6.37. The average Bonchev–Trinajstić information content (AvgIpc) is 2.82. The molecular formula is C15H16ClN3O. The Morgan fingerprint density at radius 3 is 3.00 bits per heavy atom. The van der Waals surface area contributed by atoms with Gasteiger partial charge in [0, 0.05) is 17.4 Å². The normalized spacial score (nSPS) is 11.5. The van der Waals surface area contributed by atoms with Gasteiger partial charge >= 0.3 is 0 Å². The lowest BCUT2D eigenvalue weighted by Gasteiger charge is -2.04. The molecule has 2 aromatic heterocycles. The zero-order valence-electron chi connectivity index (χ0n) is 11.3. The summed E-state index contributed by atoms with van der Waals surface area (Å²) in [5.74, 6) is 0. The zero-order chi connectivity index (χ0) is 14.1. The van der Waals surface area contributed by atoms with Crippen LogP contribution in [0.4, 0.5) is 0 Å². The number of aryl methyl sites for hydroxylation is 1. The minimum atomic E-state index is -0.0293. The molecule has 1 N–H and O–H groups in total. The van der Waals surface area contributed by atoms with Gasteiger partial charge in [0.05, 0.1) is 11.3 Å². The molecule has 0 atom stereocenters. The molecule has 0 saturated carbocycles. The topological polar surface area (TPSA) is 50.7 Å². The predicted octanol–water partition coefficient (Wildman–Crippen LogP) is 3.72. The summed E-state index contributed by atoms with van der Waals surface area (Å²) < 4.78 is 1.67. The van der Waals surface area contributed by atoms with Crippen molar-refractivity contribution >= 4 is 33.5 Å². The minimum absolute atomic E-state index is 0.0293. The molecule has 5 heteroatoms. The first-order valence-corrected chi connectivity index (χ1v) is 7.25. The summed E-state index contributed by atoms with van der Waals surface area (Å²) >= 11 is 6.20. The molecule has 0 amide bonds. The second-order valence-electron chi connectivity index (χ2n) is 4.96. The first-order valence-electron chi connectivity index (χ1n) is 6.87. The molecule has 1 aromatic carbocycles. The third kappa shape index (κ3) is 2.10. The number of nitrogens with zero attached hydrogens (tertiary/aromatic N) is 2. The van der Waals surface area contributed by atoms with Crippen LogP contribution in [0, 0.1) is 0 Å². The third-order valence-corrected chi connectivity index (χ3v) is 3.87. The minimum Gasteiger partial charge on any atom is -0.349 e. The summed E-state index contributed by atoms with van der Waals surface area (Å²) in [6.07, 6.45) is 4.86.